The Labute approximate surface area is 192 Å². The Morgan fingerprint density at radius 2 is 1.88 bits per heavy atom. The van der Waals surface area contributed by atoms with Crippen molar-refractivity contribution in [3.8, 4) is 5.75 Å². The molecule has 0 saturated carbocycles. The number of nitrogens with zero attached hydrogens (tertiary/aromatic N) is 3. The number of ether oxygens (including phenoxy) is 1. The zero-order chi connectivity index (χ0) is 22.1. The monoisotopic (exact) mass is 463 g/mol. The molecule has 6 nitrogen and oxygen atoms in total. The molecule has 0 aliphatic rings. The van der Waals surface area contributed by atoms with Crippen LogP contribution in [0.5, 0.6) is 5.75 Å². The van der Waals surface area contributed by atoms with Gasteiger partial charge in [0.2, 0.25) is 0 Å². The molecule has 32 heavy (non-hydrogen) atoms. The molecule has 0 spiro atoms. The van der Waals surface area contributed by atoms with Gasteiger partial charge in [-0.15, -0.1) is 10.2 Å². The number of hydrogen-bond acceptors (Lipinski definition) is 6. The summed E-state index contributed by atoms with van der Waals surface area (Å²) >= 11 is 7.65. The van der Waals surface area contributed by atoms with E-state index in [-0.39, 0.29) is 12.2 Å². The van der Waals surface area contributed by atoms with Gasteiger partial charge in [-0.05, 0) is 34.5 Å². The topological polar surface area (TPSA) is 70.2 Å². The van der Waals surface area contributed by atoms with Crippen LogP contribution in [-0.4, -0.2) is 14.8 Å². The highest BCUT2D eigenvalue weighted by molar-refractivity contribution is 7.98. The smallest absolute Gasteiger partial charge is 0.336 e. The van der Waals surface area contributed by atoms with Crippen LogP contribution in [0.4, 0.5) is 0 Å². The largest absolute Gasteiger partial charge is 0.484 e. The van der Waals surface area contributed by atoms with Crippen molar-refractivity contribution < 1.29 is 9.15 Å². The van der Waals surface area contributed by atoms with E-state index in [0.29, 0.717) is 27.9 Å². The molecule has 0 radical (unpaired) electrons. The summed E-state index contributed by atoms with van der Waals surface area (Å²) in [6.45, 7) is 0.246. The molecule has 0 atom stereocenters. The van der Waals surface area contributed by atoms with Gasteiger partial charge in [-0.1, -0.05) is 65.8 Å². The van der Waals surface area contributed by atoms with Crippen molar-refractivity contribution >= 4 is 45.1 Å². The van der Waals surface area contributed by atoms with E-state index in [4.69, 9.17) is 20.8 Å². The van der Waals surface area contributed by atoms with Crippen molar-refractivity contribution in [3.63, 3.8) is 0 Å². The number of rotatable bonds is 6. The van der Waals surface area contributed by atoms with Crippen LogP contribution in [-0.2, 0) is 19.4 Å². The van der Waals surface area contributed by atoms with Gasteiger partial charge in [0.05, 0.1) is 5.02 Å². The summed E-state index contributed by atoms with van der Waals surface area (Å²) < 4.78 is 13.1. The fourth-order valence-corrected chi connectivity index (χ4v) is 4.68. The molecular weight excluding hydrogens is 446 g/mol. The third-order valence-electron chi connectivity index (χ3n) is 5.19. The second kappa shape index (κ2) is 8.68. The van der Waals surface area contributed by atoms with Gasteiger partial charge in [0.1, 0.15) is 17.9 Å². The van der Waals surface area contributed by atoms with E-state index in [2.05, 4.69) is 10.2 Å². The summed E-state index contributed by atoms with van der Waals surface area (Å²) in [5.41, 5.74) is 1.11. The van der Waals surface area contributed by atoms with E-state index < -0.39 is 0 Å². The van der Waals surface area contributed by atoms with Gasteiger partial charge in [-0.25, -0.2) is 4.79 Å². The quantitative estimate of drug-likeness (QED) is 0.185. The van der Waals surface area contributed by atoms with Gasteiger partial charge in [0.25, 0.3) is 0 Å². The Bertz CT molecular complexity index is 1500. The van der Waals surface area contributed by atoms with Gasteiger partial charge in [0.15, 0.2) is 11.0 Å². The predicted molar refractivity (Wildman–Crippen MR) is 126 cm³/mol. The maximum atomic E-state index is 12.1. The Morgan fingerprint density at radius 1 is 1.06 bits per heavy atom. The molecule has 2 heterocycles. The zero-order valence-electron chi connectivity index (χ0n) is 17.1. The Kier molecular flexibility index (Phi) is 5.59. The number of thioether (sulfide) groups is 1. The minimum absolute atomic E-state index is 0.246. The average Bonchev–Trinajstić information content (AvgIpc) is 3.15. The highest BCUT2D eigenvalue weighted by Crippen LogP contribution is 2.31. The molecular formula is C24H18ClN3O3S. The lowest BCUT2D eigenvalue weighted by atomic mass is 10.0. The van der Waals surface area contributed by atoms with Crippen LogP contribution >= 0.6 is 23.4 Å². The van der Waals surface area contributed by atoms with Gasteiger partial charge in [0, 0.05) is 24.3 Å². The zero-order valence-corrected chi connectivity index (χ0v) is 18.7. The number of hydrogen-bond donors (Lipinski definition) is 0. The number of halogens is 1. The first-order chi connectivity index (χ1) is 15.6. The molecule has 0 bridgehead atoms. The van der Waals surface area contributed by atoms with Crippen molar-refractivity contribution in [1.82, 2.24) is 14.8 Å². The molecule has 160 valence electrons. The first-order valence-corrected chi connectivity index (χ1v) is 11.3. The molecule has 3 aromatic carbocycles. The van der Waals surface area contributed by atoms with Crippen LogP contribution in [0.3, 0.4) is 0 Å². The van der Waals surface area contributed by atoms with Crippen molar-refractivity contribution in [2.75, 3.05) is 0 Å². The van der Waals surface area contributed by atoms with Crippen LogP contribution in [0.2, 0.25) is 5.02 Å². The molecule has 0 saturated heterocycles. The van der Waals surface area contributed by atoms with Crippen LogP contribution in [0, 0.1) is 0 Å². The van der Waals surface area contributed by atoms with E-state index in [1.54, 1.807) is 12.1 Å². The number of aromatic nitrogens is 3. The van der Waals surface area contributed by atoms with Gasteiger partial charge >= 0.3 is 5.63 Å². The minimum atomic E-state index is -0.366. The Morgan fingerprint density at radius 3 is 2.75 bits per heavy atom. The van der Waals surface area contributed by atoms with Gasteiger partial charge in [-0.2, -0.15) is 0 Å². The summed E-state index contributed by atoms with van der Waals surface area (Å²) in [5.74, 6) is 1.82. The van der Waals surface area contributed by atoms with E-state index in [9.17, 15) is 4.79 Å². The molecule has 0 aliphatic carbocycles. The van der Waals surface area contributed by atoms with Crippen LogP contribution in [0.1, 0.15) is 11.4 Å². The molecule has 0 N–H and O–H groups in total. The van der Waals surface area contributed by atoms with Crippen LogP contribution in [0.25, 0.3) is 21.7 Å². The summed E-state index contributed by atoms with van der Waals surface area (Å²) in [5, 5.41) is 12.9. The normalized spacial score (nSPS) is 11.3. The number of para-hydroxylation sites is 1. The molecule has 0 amide bonds. The molecule has 5 aromatic rings. The SMILES string of the molecule is Cn1c(COc2ccccc2Cl)nnc1SCc1cc(=O)oc2ccc3ccccc3c12. The van der Waals surface area contributed by atoms with Crippen molar-refractivity contribution in [1.29, 1.82) is 0 Å². The highest BCUT2D eigenvalue weighted by Gasteiger charge is 2.14. The molecule has 0 fully saturated rings. The molecule has 2 aromatic heterocycles. The molecule has 0 aliphatic heterocycles. The maximum absolute atomic E-state index is 12.1. The van der Waals surface area contributed by atoms with Gasteiger partial charge < -0.3 is 13.7 Å². The minimum Gasteiger partial charge on any atom is -0.484 e. The standard InChI is InChI=1S/C24H18ClN3O3S/c1-28-21(13-30-19-9-5-4-8-18(19)25)26-27-24(28)32-14-16-12-22(29)31-20-11-10-15-6-2-3-7-17(15)23(16)20/h2-12H,13-14H2,1H3. The van der Waals surface area contributed by atoms with Crippen molar-refractivity contribution in [2.24, 2.45) is 7.05 Å². The summed E-state index contributed by atoms with van der Waals surface area (Å²) in [7, 11) is 1.89. The van der Waals surface area contributed by atoms with Crippen LogP contribution < -0.4 is 10.4 Å². The van der Waals surface area contributed by atoms with Gasteiger partial charge in [-0.3, -0.25) is 0 Å². The number of benzene rings is 3. The fourth-order valence-electron chi connectivity index (χ4n) is 3.58. The van der Waals surface area contributed by atoms with E-state index in [0.717, 1.165) is 26.9 Å². The van der Waals surface area contributed by atoms with E-state index in [1.165, 1.54) is 11.8 Å². The van der Waals surface area contributed by atoms with Crippen LogP contribution in [0.15, 0.2) is 81.1 Å². The third-order valence-corrected chi connectivity index (χ3v) is 6.57. The summed E-state index contributed by atoms with van der Waals surface area (Å²) in [4.78, 5) is 12.1. The first-order valence-electron chi connectivity index (χ1n) is 9.93. The van der Waals surface area contributed by atoms with E-state index in [1.807, 2.05) is 66.2 Å². The molecule has 8 heteroatoms. The highest BCUT2D eigenvalue weighted by atomic mass is 35.5. The van der Waals surface area contributed by atoms with Crippen molar-refractivity contribution in [3.05, 3.63) is 93.6 Å². The lowest BCUT2D eigenvalue weighted by Crippen LogP contribution is -2.05. The molecule has 5 rings (SSSR count). The third kappa shape index (κ3) is 3.97. The molecule has 0 unspecified atom stereocenters. The lowest BCUT2D eigenvalue weighted by Gasteiger charge is -2.09. The van der Waals surface area contributed by atoms with Crippen molar-refractivity contribution in [2.45, 2.75) is 17.5 Å². The predicted octanol–water partition coefficient (Wildman–Crippen LogP) is 5.60. The Hall–Kier alpha value is -3.29. The summed E-state index contributed by atoms with van der Waals surface area (Å²) in [6.07, 6.45) is 0. The average molecular weight is 464 g/mol. The first kappa shape index (κ1) is 20.6. The number of fused-ring (bicyclic) bond motifs is 3. The lowest BCUT2D eigenvalue weighted by molar-refractivity contribution is 0.290. The maximum Gasteiger partial charge on any atom is 0.336 e. The summed E-state index contributed by atoms with van der Waals surface area (Å²) in [6, 6.07) is 20.7. The second-order valence-corrected chi connectivity index (χ2v) is 8.57. The second-order valence-electron chi connectivity index (χ2n) is 7.22. The fraction of sp³-hybridized carbons (Fsp3) is 0.125. The van der Waals surface area contributed by atoms with E-state index >= 15 is 0 Å². The Balaban J connectivity index is 1.40.